The maximum Gasteiger partial charge on any atom is 0.319 e. The Labute approximate surface area is 133 Å². The van der Waals surface area contributed by atoms with Gasteiger partial charge in [0.05, 0.1) is 0 Å². The van der Waals surface area contributed by atoms with Crippen LogP contribution in [0, 0.1) is 5.92 Å². The topological polar surface area (TPSA) is 64.6 Å². The van der Waals surface area contributed by atoms with Gasteiger partial charge in [0, 0.05) is 37.1 Å². The molecule has 3 N–H and O–H groups in total. The first kappa shape index (κ1) is 18.3. The number of amides is 2. The fraction of sp³-hybridized carbons (Fsp3) is 0.588. The van der Waals surface area contributed by atoms with Crippen molar-refractivity contribution in [2.24, 2.45) is 5.92 Å². The summed E-state index contributed by atoms with van der Waals surface area (Å²) >= 11 is 0. The molecule has 0 aliphatic heterocycles. The molecule has 0 spiro atoms. The Bertz CT molecular complexity index is 475. The lowest BCUT2D eigenvalue weighted by molar-refractivity contribution is 0.227. The molecule has 0 aromatic heterocycles. The molecule has 124 valence electrons. The summed E-state index contributed by atoms with van der Waals surface area (Å²) in [4.78, 5) is 14.2. The van der Waals surface area contributed by atoms with E-state index in [0.717, 1.165) is 11.4 Å². The highest BCUT2D eigenvalue weighted by Crippen LogP contribution is 2.20. The zero-order valence-electron chi connectivity index (χ0n) is 14.3. The monoisotopic (exact) mass is 307 g/mol. The number of anilines is 2. The van der Waals surface area contributed by atoms with Crippen molar-refractivity contribution in [2.75, 3.05) is 23.9 Å². The highest BCUT2D eigenvalue weighted by Gasteiger charge is 2.15. The lowest BCUT2D eigenvalue weighted by Gasteiger charge is -2.25. The van der Waals surface area contributed by atoms with E-state index < -0.39 is 0 Å². The number of carbonyl (C=O) groups excluding carboxylic acids is 1. The van der Waals surface area contributed by atoms with Crippen LogP contribution in [0.1, 0.15) is 34.1 Å². The van der Waals surface area contributed by atoms with Crippen LogP contribution in [0.5, 0.6) is 0 Å². The first-order chi connectivity index (χ1) is 10.3. The summed E-state index contributed by atoms with van der Waals surface area (Å²) in [5, 5.41) is 14.8. The molecule has 0 aliphatic rings. The van der Waals surface area contributed by atoms with Gasteiger partial charge in [0.25, 0.3) is 0 Å². The Balaban J connectivity index is 2.70. The van der Waals surface area contributed by atoms with Gasteiger partial charge in [0.15, 0.2) is 0 Å². The number of hydrogen-bond acceptors (Lipinski definition) is 3. The van der Waals surface area contributed by atoms with Crippen molar-refractivity contribution >= 4 is 17.4 Å². The molecular weight excluding hydrogens is 278 g/mol. The highest BCUT2D eigenvalue weighted by atomic mass is 16.3. The smallest absolute Gasteiger partial charge is 0.319 e. The van der Waals surface area contributed by atoms with Crippen LogP contribution in [0.15, 0.2) is 24.3 Å². The lowest BCUT2D eigenvalue weighted by atomic mass is 10.0. The molecule has 0 heterocycles. The number of benzene rings is 1. The molecule has 0 bridgehead atoms. The van der Waals surface area contributed by atoms with Crippen LogP contribution >= 0.6 is 0 Å². The molecule has 0 radical (unpaired) electrons. The number of urea groups is 1. The van der Waals surface area contributed by atoms with E-state index in [1.807, 2.05) is 45.2 Å². The van der Waals surface area contributed by atoms with E-state index in [2.05, 4.69) is 29.4 Å². The third-order valence-electron chi connectivity index (χ3n) is 3.85. The minimum absolute atomic E-state index is 0.0356. The summed E-state index contributed by atoms with van der Waals surface area (Å²) in [6.45, 7) is 8.36. The van der Waals surface area contributed by atoms with Gasteiger partial charge in [-0.1, -0.05) is 19.9 Å². The molecule has 1 aromatic carbocycles. The summed E-state index contributed by atoms with van der Waals surface area (Å²) in [6, 6.07) is 7.88. The van der Waals surface area contributed by atoms with E-state index in [9.17, 15) is 4.79 Å². The molecule has 0 saturated carbocycles. The normalized spacial score (nSPS) is 12.4. The Morgan fingerprint density at radius 2 is 1.95 bits per heavy atom. The zero-order valence-corrected chi connectivity index (χ0v) is 14.3. The third kappa shape index (κ3) is 5.56. The SMILES string of the molecule is CC(C)C(CCO)NC(=O)Nc1cccc(N(C)C(C)C)c1. The Morgan fingerprint density at radius 1 is 1.27 bits per heavy atom. The van der Waals surface area contributed by atoms with E-state index in [1.54, 1.807) is 0 Å². The Morgan fingerprint density at radius 3 is 2.50 bits per heavy atom. The van der Waals surface area contributed by atoms with Crippen molar-refractivity contribution in [3.63, 3.8) is 0 Å². The molecule has 5 nitrogen and oxygen atoms in total. The largest absolute Gasteiger partial charge is 0.396 e. The predicted molar refractivity (Wildman–Crippen MR) is 92.5 cm³/mol. The van der Waals surface area contributed by atoms with Crippen molar-refractivity contribution in [3.05, 3.63) is 24.3 Å². The van der Waals surface area contributed by atoms with Crippen LogP contribution in [0.25, 0.3) is 0 Å². The second kappa shape index (κ2) is 8.63. The number of hydrogen-bond donors (Lipinski definition) is 3. The van der Waals surface area contributed by atoms with Crippen molar-refractivity contribution in [2.45, 2.75) is 46.2 Å². The number of carbonyl (C=O) groups is 1. The number of nitrogens with one attached hydrogen (secondary N) is 2. The number of rotatable bonds is 7. The van der Waals surface area contributed by atoms with E-state index in [-0.39, 0.29) is 24.6 Å². The van der Waals surface area contributed by atoms with Gasteiger partial charge < -0.3 is 20.6 Å². The Kier molecular flexibility index (Phi) is 7.18. The molecule has 1 rings (SSSR count). The molecule has 0 fully saturated rings. The van der Waals surface area contributed by atoms with Crippen LogP contribution in [0.2, 0.25) is 0 Å². The van der Waals surface area contributed by atoms with E-state index in [4.69, 9.17) is 5.11 Å². The predicted octanol–water partition coefficient (Wildman–Crippen LogP) is 3.06. The third-order valence-corrected chi connectivity index (χ3v) is 3.85. The number of nitrogens with zero attached hydrogens (tertiary/aromatic N) is 1. The van der Waals surface area contributed by atoms with Crippen LogP contribution < -0.4 is 15.5 Å². The molecule has 22 heavy (non-hydrogen) atoms. The van der Waals surface area contributed by atoms with Crippen molar-refractivity contribution in [1.29, 1.82) is 0 Å². The zero-order chi connectivity index (χ0) is 16.7. The van der Waals surface area contributed by atoms with Gasteiger partial charge in [0.1, 0.15) is 0 Å². The van der Waals surface area contributed by atoms with Gasteiger partial charge in [-0.3, -0.25) is 0 Å². The summed E-state index contributed by atoms with van der Waals surface area (Å²) < 4.78 is 0. The molecule has 1 aromatic rings. The second-order valence-electron chi connectivity index (χ2n) is 6.22. The molecular formula is C17H29N3O2. The first-order valence-corrected chi connectivity index (χ1v) is 7.86. The van der Waals surface area contributed by atoms with Crippen LogP contribution in [0.3, 0.4) is 0 Å². The maximum absolute atomic E-state index is 12.1. The van der Waals surface area contributed by atoms with Crippen LogP contribution in [-0.2, 0) is 0 Å². The van der Waals surface area contributed by atoms with Crippen molar-refractivity contribution in [3.8, 4) is 0 Å². The maximum atomic E-state index is 12.1. The molecule has 2 amide bonds. The quantitative estimate of drug-likeness (QED) is 0.725. The van der Waals surface area contributed by atoms with Crippen LogP contribution in [0.4, 0.5) is 16.2 Å². The summed E-state index contributed by atoms with van der Waals surface area (Å²) in [5.74, 6) is 0.274. The second-order valence-corrected chi connectivity index (χ2v) is 6.22. The van der Waals surface area contributed by atoms with E-state index in [1.165, 1.54) is 0 Å². The summed E-state index contributed by atoms with van der Waals surface area (Å²) in [7, 11) is 2.03. The van der Waals surface area contributed by atoms with Gasteiger partial charge in [-0.25, -0.2) is 4.79 Å². The average Bonchev–Trinajstić information content (AvgIpc) is 2.46. The minimum Gasteiger partial charge on any atom is -0.396 e. The fourth-order valence-electron chi connectivity index (χ4n) is 2.15. The number of aliphatic hydroxyl groups excluding tert-OH is 1. The van der Waals surface area contributed by atoms with Gasteiger partial charge >= 0.3 is 6.03 Å². The fourth-order valence-corrected chi connectivity index (χ4v) is 2.15. The van der Waals surface area contributed by atoms with Crippen molar-refractivity contribution < 1.29 is 9.90 Å². The minimum atomic E-state index is -0.239. The van der Waals surface area contributed by atoms with Crippen molar-refractivity contribution in [1.82, 2.24) is 5.32 Å². The van der Waals surface area contributed by atoms with Gasteiger partial charge in [0.2, 0.25) is 0 Å². The highest BCUT2D eigenvalue weighted by molar-refractivity contribution is 5.90. The average molecular weight is 307 g/mol. The molecule has 0 aliphatic carbocycles. The van der Waals surface area contributed by atoms with Gasteiger partial charge in [-0.15, -0.1) is 0 Å². The molecule has 1 atom stereocenters. The summed E-state index contributed by atoms with van der Waals surface area (Å²) in [6.07, 6.45) is 0.557. The Hall–Kier alpha value is -1.75. The van der Waals surface area contributed by atoms with Crippen LogP contribution in [-0.4, -0.2) is 36.9 Å². The molecule has 0 saturated heterocycles. The lowest BCUT2D eigenvalue weighted by Crippen LogP contribution is -2.41. The molecule has 5 heteroatoms. The van der Waals surface area contributed by atoms with E-state index in [0.29, 0.717) is 12.5 Å². The summed E-state index contributed by atoms with van der Waals surface area (Å²) in [5.41, 5.74) is 1.82. The molecule has 1 unspecified atom stereocenters. The first-order valence-electron chi connectivity index (χ1n) is 7.86. The van der Waals surface area contributed by atoms with Gasteiger partial charge in [-0.2, -0.15) is 0 Å². The number of aliphatic hydroxyl groups is 1. The standard InChI is InChI=1S/C17H29N3O2/c1-12(2)16(9-10-21)19-17(22)18-14-7-6-8-15(11-14)20(5)13(3)4/h6-8,11-13,16,21H,9-10H2,1-5H3,(H2,18,19,22). The van der Waals surface area contributed by atoms with E-state index >= 15 is 0 Å². The van der Waals surface area contributed by atoms with Gasteiger partial charge in [-0.05, 0) is 44.4 Å².